The first kappa shape index (κ1) is 13.9. The molecule has 1 unspecified atom stereocenters. The molecule has 0 radical (unpaired) electrons. The van der Waals surface area contributed by atoms with Crippen LogP contribution in [0.5, 0.6) is 0 Å². The molecule has 0 bridgehead atoms. The van der Waals surface area contributed by atoms with Crippen LogP contribution in [0, 0.1) is 0 Å². The summed E-state index contributed by atoms with van der Waals surface area (Å²) in [7, 11) is 4.13. The summed E-state index contributed by atoms with van der Waals surface area (Å²) in [4.78, 5) is 9.30. The van der Waals surface area contributed by atoms with Crippen LogP contribution in [0.15, 0.2) is 42.6 Å². The second kappa shape index (κ2) is 5.74. The minimum Gasteiger partial charge on any atom is -0.371 e. The van der Waals surface area contributed by atoms with Gasteiger partial charge in [-0.1, -0.05) is 18.2 Å². The van der Waals surface area contributed by atoms with Crippen LogP contribution in [0.2, 0.25) is 0 Å². The van der Waals surface area contributed by atoms with Gasteiger partial charge in [0.1, 0.15) is 5.82 Å². The third-order valence-corrected chi connectivity index (χ3v) is 4.21. The summed E-state index contributed by atoms with van der Waals surface area (Å²) < 4.78 is 0. The number of anilines is 3. The van der Waals surface area contributed by atoms with Gasteiger partial charge in [0.15, 0.2) is 0 Å². The summed E-state index contributed by atoms with van der Waals surface area (Å²) in [6.45, 7) is 4.12. The molecule has 110 valence electrons. The molecule has 1 aromatic carbocycles. The average molecular weight is 282 g/mol. The van der Waals surface area contributed by atoms with Gasteiger partial charge in [0.2, 0.25) is 0 Å². The number of hydrogen-bond donors (Lipinski definition) is 1. The van der Waals surface area contributed by atoms with Gasteiger partial charge in [0.25, 0.3) is 0 Å². The molecule has 2 heterocycles. The van der Waals surface area contributed by atoms with Crippen LogP contribution in [-0.4, -0.2) is 32.2 Å². The van der Waals surface area contributed by atoms with Crippen LogP contribution in [0.25, 0.3) is 0 Å². The Morgan fingerprint density at radius 1 is 1.10 bits per heavy atom. The lowest BCUT2D eigenvalue weighted by Gasteiger charge is -2.37. The Morgan fingerprint density at radius 2 is 1.86 bits per heavy atom. The lowest BCUT2D eigenvalue weighted by molar-refractivity contribution is 0.646. The van der Waals surface area contributed by atoms with Gasteiger partial charge in [-0.15, -0.1) is 0 Å². The van der Waals surface area contributed by atoms with Crippen molar-refractivity contribution in [1.29, 1.82) is 0 Å². The molecule has 0 spiro atoms. The van der Waals surface area contributed by atoms with E-state index >= 15 is 0 Å². The lowest BCUT2D eigenvalue weighted by Crippen LogP contribution is -2.37. The molecular weight excluding hydrogens is 260 g/mol. The highest BCUT2D eigenvalue weighted by Gasteiger charge is 2.24. The monoisotopic (exact) mass is 282 g/mol. The van der Waals surface area contributed by atoms with Gasteiger partial charge in [0.05, 0.1) is 11.4 Å². The maximum absolute atomic E-state index is 4.66. The number of fused-ring (bicyclic) bond motifs is 1. The Morgan fingerprint density at radius 3 is 2.62 bits per heavy atom. The van der Waals surface area contributed by atoms with Gasteiger partial charge in [-0.05, 0) is 32.2 Å². The Hall–Kier alpha value is -2.07. The van der Waals surface area contributed by atoms with E-state index < -0.39 is 0 Å². The van der Waals surface area contributed by atoms with Crippen LogP contribution < -0.4 is 15.1 Å². The van der Waals surface area contributed by atoms with Crippen LogP contribution in [0.4, 0.5) is 17.2 Å². The zero-order valence-electron chi connectivity index (χ0n) is 12.9. The second-order valence-electron chi connectivity index (χ2n) is 5.49. The SMILES string of the molecule is CNC(C)c1cccnc1N1CCN(C)c2ccccc21. The molecule has 4 nitrogen and oxygen atoms in total. The Kier molecular flexibility index (Phi) is 3.80. The number of para-hydroxylation sites is 2. The van der Waals surface area contributed by atoms with Crippen LogP contribution >= 0.6 is 0 Å². The first-order valence-electron chi connectivity index (χ1n) is 7.42. The number of benzene rings is 1. The van der Waals surface area contributed by atoms with Crippen molar-refractivity contribution < 1.29 is 0 Å². The van der Waals surface area contributed by atoms with E-state index in [9.17, 15) is 0 Å². The van der Waals surface area contributed by atoms with E-state index in [0.717, 1.165) is 18.9 Å². The minimum absolute atomic E-state index is 0.278. The largest absolute Gasteiger partial charge is 0.371 e. The molecule has 2 aromatic rings. The Balaban J connectivity index is 2.08. The van der Waals surface area contributed by atoms with Gasteiger partial charge < -0.3 is 15.1 Å². The summed E-state index contributed by atoms with van der Waals surface area (Å²) in [5, 5.41) is 3.32. The average Bonchev–Trinajstić information content (AvgIpc) is 2.55. The maximum Gasteiger partial charge on any atom is 0.137 e. The number of likely N-dealkylation sites (N-methyl/N-ethyl adjacent to an activating group) is 1. The maximum atomic E-state index is 4.66. The number of nitrogens with zero attached hydrogens (tertiary/aromatic N) is 3. The number of rotatable bonds is 3. The number of nitrogens with one attached hydrogen (secondary N) is 1. The Labute approximate surface area is 126 Å². The fourth-order valence-electron chi connectivity index (χ4n) is 2.85. The molecule has 0 saturated carbocycles. The highest BCUT2D eigenvalue weighted by molar-refractivity contribution is 5.79. The number of hydrogen-bond acceptors (Lipinski definition) is 4. The smallest absolute Gasteiger partial charge is 0.137 e. The first-order valence-corrected chi connectivity index (χ1v) is 7.42. The summed E-state index contributed by atoms with van der Waals surface area (Å²) in [5.74, 6) is 1.06. The van der Waals surface area contributed by atoms with Crippen LogP contribution in [0.1, 0.15) is 18.5 Å². The molecule has 1 atom stereocenters. The lowest BCUT2D eigenvalue weighted by atomic mass is 10.1. The van der Waals surface area contributed by atoms with Crippen molar-refractivity contribution in [3.8, 4) is 0 Å². The van der Waals surface area contributed by atoms with Crippen molar-refractivity contribution in [2.24, 2.45) is 0 Å². The number of aromatic nitrogens is 1. The van der Waals surface area contributed by atoms with Gasteiger partial charge in [-0.2, -0.15) is 0 Å². The Bertz CT molecular complexity index is 626. The molecule has 21 heavy (non-hydrogen) atoms. The molecular formula is C17H22N4. The summed E-state index contributed by atoms with van der Waals surface area (Å²) >= 11 is 0. The zero-order chi connectivity index (χ0) is 14.8. The predicted molar refractivity (Wildman–Crippen MR) is 88.4 cm³/mol. The van der Waals surface area contributed by atoms with Crippen molar-refractivity contribution in [2.75, 3.05) is 37.0 Å². The first-order chi connectivity index (χ1) is 10.2. The van der Waals surface area contributed by atoms with Gasteiger partial charge in [0, 0.05) is 37.9 Å². The molecule has 1 aromatic heterocycles. The molecule has 0 amide bonds. The quantitative estimate of drug-likeness (QED) is 0.938. The van der Waals surface area contributed by atoms with E-state index in [4.69, 9.17) is 0 Å². The van der Waals surface area contributed by atoms with Gasteiger partial charge in [-0.25, -0.2) is 4.98 Å². The third kappa shape index (κ3) is 2.47. The van der Waals surface area contributed by atoms with E-state index in [1.807, 2.05) is 19.3 Å². The second-order valence-corrected chi connectivity index (χ2v) is 5.49. The van der Waals surface area contributed by atoms with Crippen molar-refractivity contribution in [2.45, 2.75) is 13.0 Å². The highest BCUT2D eigenvalue weighted by atomic mass is 15.3. The minimum atomic E-state index is 0.278. The third-order valence-electron chi connectivity index (χ3n) is 4.21. The van der Waals surface area contributed by atoms with Gasteiger partial charge >= 0.3 is 0 Å². The van der Waals surface area contributed by atoms with E-state index in [1.54, 1.807) is 0 Å². The van der Waals surface area contributed by atoms with E-state index in [0.29, 0.717) is 0 Å². The molecule has 3 rings (SSSR count). The summed E-state index contributed by atoms with van der Waals surface area (Å²) in [6.07, 6.45) is 1.88. The van der Waals surface area contributed by atoms with E-state index in [2.05, 4.69) is 64.4 Å². The molecule has 0 saturated heterocycles. The number of pyridine rings is 1. The van der Waals surface area contributed by atoms with Crippen LogP contribution in [-0.2, 0) is 0 Å². The standard InChI is InChI=1S/C17H22N4/c1-13(18-2)14-7-6-10-19-17(14)21-12-11-20(3)15-8-4-5-9-16(15)21/h4-10,13,18H,11-12H2,1-3H3. The molecule has 4 heteroatoms. The van der Waals surface area contributed by atoms with E-state index in [-0.39, 0.29) is 6.04 Å². The molecule has 1 aliphatic rings. The van der Waals surface area contributed by atoms with Crippen molar-refractivity contribution in [3.63, 3.8) is 0 Å². The molecule has 0 aliphatic carbocycles. The molecule has 1 aliphatic heterocycles. The van der Waals surface area contributed by atoms with Crippen LogP contribution in [0.3, 0.4) is 0 Å². The summed E-state index contributed by atoms with van der Waals surface area (Å²) in [5.41, 5.74) is 3.73. The highest BCUT2D eigenvalue weighted by Crippen LogP contribution is 2.38. The van der Waals surface area contributed by atoms with Gasteiger partial charge in [-0.3, -0.25) is 0 Å². The molecule has 0 fully saturated rings. The fraction of sp³-hybridized carbons (Fsp3) is 0.353. The predicted octanol–water partition coefficient (Wildman–Crippen LogP) is 2.95. The summed E-state index contributed by atoms with van der Waals surface area (Å²) in [6, 6.07) is 13.0. The topological polar surface area (TPSA) is 31.4 Å². The molecule has 1 N–H and O–H groups in total. The normalized spacial score (nSPS) is 15.8. The van der Waals surface area contributed by atoms with Crippen molar-refractivity contribution in [3.05, 3.63) is 48.2 Å². The van der Waals surface area contributed by atoms with Crippen molar-refractivity contribution in [1.82, 2.24) is 10.3 Å². The van der Waals surface area contributed by atoms with Crippen molar-refractivity contribution >= 4 is 17.2 Å². The van der Waals surface area contributed by atoms with E-state index in [1.165, 1.54) is 16.9 Å². The zero-order valence-corrected chi connectivity index (χ0v) is 12.9. The fourth-order valence-corrected chi connectivity index (χ4v) is 2.85.